The predicted molar refractivity (Wildman–Crippen MR) is 244 cm³/mol. The smallest absolute Gasteiger partial charge is 0.208 e. The molecule has 9 rings (SSSR count). The molecule has 23 heteroatoms. The highest BCUT2D eigenvalue weighted by Gasteiger charge is 2.39. The van der Waals surface area contributed by atoms with Gasteiger partial charge >= 0.3 is 0 Å². The monoisotopic (exact) mass is 970 g/mol. The van der Waals surface area contributed by atoms with Gasteiger partial charge in [-0.15, -0.1) is 11.3 Å². The number of phenols is 22. The van der Waals surface area contributed by atoms with E-state index < -0.39 is 202 Å². The van der Waals surface area contributed by atoms with Crippen molar-refractivity contribution in [3.8, 4) is 160 Å². The molecule has 0 saturated carbocycles. The van der Waals surface area contributed by atoms with Crippen molar-refractivity contribution in [1.82, 2.24) is 0 Å². The summed E-state index contributed by atoms with van der Waals surface area (Å²) in [5.41, 5.74) is -6.46. The van der Waals surface area contributed by atoms with Crippen molar-refractivity contribution in [2.75, 3.05) is 0 Å². The summed E-state index contributed by atoms with van der Waals surface area (Å²) in [5.74, 6) is -29.9. The fourth-order valence-corrected chi connectivity index (χ4v) is 10.6. The van der Waals surface area contributed by atoms with E-state index in [4.69, 9.17) is 0 Å². The number of hydrogen-bond donors (Lipinski definition) is 22. The van der Waals surface area contributed by atoms with E-state index in [-0.39, 0.29) is 44.4 Å². The molecule has 1 aromatic heterocycles. The van der Waals surface area contributed by atoms with Crippen molar-refractivity contribution in [2.24, 2.45) is 0 Å². The van der Waals surface area contributed by atoms with Crippen LogP contribution in [0.1, 0.15) is 22.3 Å². The summed E-state index contributed by atoms with van der Waals surface area (Å²) >= 11 is 0.153. The first kappa shape index (κ1) is 44.6. The number of thiophene rings is 1. The molecule has 0 aliphatic carbocycles. The van der Waals surface area contributed by atoms with Crippen LogP contribution >= 0.6 is 11.3 Å². The Kier molecular flexibility index (Phi) is 9.00. The zero-order valence-electron chi connectivity index (χ0n) is 35.2. The average Bonchev–Trinajstić information content (AvgIpc) is 3.71. The van der Waals surface area contributed by atoms with Gasteiger partial charge in [0.1, 0.15) is 11.5 Å². The van der Waals surface area contributed by atoms with Crippen LogP contribution in [0.3, 0.4) is 0 Å². The highest BCUT2D eigenvalue weighted by Crippen LogP contribution is 2.68. The molecule has 0 aliphatic heterocycles. The third-order valence-corrected chi connectivity index (χ3v) is 14.1. The number of phenolic OH excluding ortho intramolecular Hbond substituents is 22. The third kappa shape index (κ3) is 5.12. The van der Waals surface area contributed by atoms with Gasteiger partial charge < -0.3 is 112 Å². The number of aromatic hydroxyl groups is 22. The molecule has 0 saturated heterocycles. The van der Waals surface area contributed by atoms with Crippen molar-refractivity contribution in [3.63, 3.8) is 0 Å². The molecule has 8 aromatic carbocycles. The quantitative estimate of drug-likeness (QED) is 0.0470. The van der Waals surface area contributed by atoms with Gasteiger partial charge in [-0.2, -0.15) is 0 Å². The Morgan fingerprint density at radius 1 is 0.174 bits per heavy atom. The number of hydrogen-bond acceptors (Lipinski definition) is 23. The van der Waals surface area contributed by atoms with Gasteiger partial charge in [-0.05, 0) is 60.7 Å². The molecular formula is C46H34O22S. The van der Waals surface area contributed by atoms with E-state index >= 15 is 0 Å². The molecule has 0 bridgehead atoms. The minimum atomic E-state index is -1.65. The summed E-state index contributed by atoms with van der Waals surface area (Å²) in [6.45, 7) is 5.81. The Hall–Kier alpha value is -9.64. The molecule has 0 radical (unpaired) electrons. The predicted octanol–water partition coefficient (Wildman–Crippen LogP) is 7.27. The average molecular weight is 971 g/mol. The Balaban J connectivity index is 1.50. The van der Waals surface area contributed by atoms with Crippen LogP contribution in [-0.2, 0) is 0 Å². The van der Waals surface area contributed by atoms with E-state index in [1.165, 1.54) is 27.7 Å². The van der Waals surface area contributed by atoms with Crippen molar-refractivity contribution in [1.29, 1.82) is 0 Å². The van der Waals surface area contributed by atoms with Crippen LogP contribution in [0.15, 0.2) is 0 Å². The number of fused-ring (bicyclic) bond motifs is 9. The molecule has 356 valence electrons. The molecule has 22 N–H and O–H groups in total. The highest BCUT2D eigenvalue weighted by molar-refractivity contribution is 7.27. The molecule has 0 atom stereocenters. The zero-order valence-corrected chi connectivity index (χ0v) is 36.1. The molecule has 69 heavy (non-hydrogen) atoms. The second-order valence-electron chi connectivity index (χ2n) is 16.2. The van der Waals surface area contributed by atoms with Crippen LogP contribution in [0.2, 0.25) is 0 Å². The Bertz CT molecular complexity index is 3890. The number of rotatable bonds is 3. The van der Waals surface area contributed by atoms with Gasteiger partial charge in [0.05, 0.1) is 53.6 Å². The van der Waals surface area contributed by atoms with Crippen LogP contribution in [0, 0.1) is 27.7 Å². The minimum absolute atomic E-state index is 0.00840. The lowest BCUT2D eigenvalue weighted by Gasteiger charge is -2.24. The van der Waals surface area contributed by atoms with Crippen LogP contribution in [-0.4, -0.2) is 112 Å². The maximum absolute atomic E-state index is 12.4. The first-order valence-electron chi connectivity index (χ1n) is 19.6. The van der Waals surface area contributed by atoms with Crippen LogP contribution in [0.25, 0.3) is 85.9 Å². The SMILES string of the molecule is Cc1c(O)c(O)c2c(c1C)c1c(C)c(C)c(O)c(O)c1c1c(O)c(-c3c(O)c(O)c(O)c(-c4c(O)c(O)c(O)c5c4sc4c(-c6c(O)c(O)c(O)c(O)c6O)c(O)c(O)c(O)c45)c3O)c(O)c(O)c21. The summed E-state index contributed by atoms with van der Waals surface area (Å²) in [7, 11) is 0. The van der Waals surface area contributed by atoms with Gasteiger partial charge in [0.15, 0.2) is 80.5 Å². The molecule has 9 aromatic rings. The normalized spacial score (nSPS) is 11.9. The van der Waals surface area contributed by atoms with E-state index in [9.17, 15) is 112 Å². The molecule has 0 fully saturated rings. The summed E-state index contributed by atoms with van der Waals surface area (Å²) < 4.78 is -1.44. The van der Waals surface area contributed by atoms with E-state index in [0.717, 1.165) is 0 Å². The maximum Gasteiger partial charge on any atom is 0.208 e. The van der Waals surface area contributed by atoms with Gasteiger partial charge in [0.2, 0.25) is 34.5 Å². The Morgan fingerprint density at radius 2 is 0.391 bits per heavy atom. The van der Waals surface area contributed by atoms with Crippen LogP contribution < -0.4 is 0 Å². The van der Waals surface area contributed by atoms with Gasteiger partial charge in [0, 0.05) is 21.5 Å². The molecule has 0 spiro atoms. The summed E-state index contributed by atoms with van der Waals surface area (Å²) in [6, 6.07) is 0. The fourth-order valence-electron chi connectivity index (χ4n) is 9.19. The molecule has 1 heterocycles. The van der Waals surface area contributed by atoms with E-state index in [2.05, 4.69) is 0 Å². The minimum Gasteiger partial charge on any atom is -0.506 e. The topological polar surface area (TPSA) is 445 Å². The largest absolute Gasteiger partial charge is 0.506 e. The lowest BCUT2D eigenvalue weighted by Crippen LogP contribution is -1.97. The highest BCUT2D eigenvalue weighted by atomic mass is 32.1. The molecule has 22 nitrogen and oxygen atoms in total. The lowest BCUT2D eigenvalue weighted by atomic mass is 9.83. The maximum atomic E-state index is 12.4. The number of benzene rings is 8. The van der Waals surface area contributed by atoms with E-state index in [1.807, 2.05) is 0 Å². The first-order valence-corrected chi connectivity index (χ1v) is 20.4. The second-order valence-corrected chi connectivity index (χ2v) is 17.2. The Morgan fingerprint density at radius 3 is 0.783 bits per heavy atom. The molecule has 0 aliphatic rings. The van der Waals surface area contributed by atoms with Gasteiger partial charge in [-0.3, -0.25) is 0 Å². The third-order valence-electron chi connectivity index (χ3n) is 12.9. The van der Waals surface area contributed by atoms with Crippen molar-refractivity contribution in [3.05, 3.63) is 22.3 Å². The van der Waals surface area contributed by atoms with Crippen molar-refractivity contribution < 1.29 is 112 Å². The molecular weight excluding hydrogens is 937 g/mol. The zero-order chi connectivity index (χ0) is 51.0. The van der Waals surface area contributed by atoms with Gasteiger partial charge in [-0.1, -0.05) is 0 Å². The Labute approximate surface area is 385 Å². The van der Waals surface area contributed by atoms with Crippen LogP contribution in [0.5, 0.6) is 126 Å². The lowest BCUT2D eigenvalue weighted by molar-refractivity contribution is 0.329. The molecule has 0 unspecified atom stereocenters. The first-order chi connectivity index (χ1) is 32.2. The van der Waals surface area contributed by atoms with Gasteiger partial charge in [0.25, 0.3) is 0 Å². The second kappa shape index (κ2) is 13.9. The standard InChI is InChI=1S/C46H34O22S/c1-5-7(3)23(47)27(51)11-9(5)10-6(2)8(4)24(48)28(52)12(10)14-13(11)25(49)15(30(54)29(14)53)16-26(50)17(32(56)39(63)31(16)55)19-35(59)40(64)37(61)21-22-38(62)41(65)36(60)20(46(22)69-45(19)21)18-33(57)42(66)44(68)43(67)34(18)58/h47-68H,1-4H3. The van der Waals surface area contributed by atoms with E-state index in [1.54, 1.807) is 0 Å². The summed E-state index contributed by atoms with van der Waals surface area (Å²) in [6.07, 6.45) is 0. The van der Waals surface area contributed by atoms with Gasteiger partial charge in [-0.25, -0.2) is 0 Å². The summed E-state index contributed by atoms with van der Waals surface area (Å²) in [4.78, 5) is 0. The van der Waals surface area contributed by atoms with Crippen LogP contribution in [0.4, 0.5) is 0 Å². The van der Waals surface area contributed by atoms with E-state index in [0.29, 0.717) is 0 Å². The summed E-state index contributed by atoms with van der Waals surface area (Å²) in [5, 5.41) is 244. The van der Waals surface area contributed by atoms with Crippen molar-refractivity contribution in [2.45, 2.75) is 27.7 Å². The number of aryl methyl sites for hydroxylation is 2. The van der Waals surface area contributed by atoms with Crippen molar-refractivity contribution >= 4 is 63.8 Å². The fraction of sp³-hybridized carbons (Fsp3) is 0.0870. The molecule has 0 amide bonds.